The third kappa shape index (κ3) is 5.91. The fourth-order valence-electron chi connectivity index (χ4n) is 4.18. The molecule has 1 aliphatic carbocycles. The van der Waals surface area contributed by atoms with Gasteiger partial charge in [-0.3, -0.25) is 4.79 Å². The average molecular weight is 547 g/mol. The maximum absolute atomic E-state index is 12.7. The van der Waals surface area contributed by atoms with Crippen molar-refractivity contribution in [3.63, 3.8) is 0 Å². The minimum absolute atomic E-state index is 0.0577. The Morgan fingerprint density at radius 3 is 1.32 bits per heavy atom. The van der Waals surface area contributed by atoms with Crippen molar-refractivity contribution in [3.8, 4) is 34.1 Å². The van der Waals surface area contributed by atoms with Crippen LogP contribution >= 0.6 is 0 Å². The summed E-state index contributed by atoms with van der Waals surface area (Å²) in [6.45, 7) is 22.7. The van der Waals surface area contributed by atoms with Crippen LogP contribution in [0.3, 0.4) is 0 Å². The van der Waals surface area contributed by atoms with Gasteiger partial charge in [-0.15, -0.1) is 0 Å². The molecular weight excluding hydrogens is 512 g/mol. The molecule has 8 heteroatoms. The lowest BCUT2D eigenvalue weighted by Crippen LogP contribution is -2.22. The number of hydrogen-bond donors (Lipinski definition) is 0. The van der Waals surface area contributed by atoms with Crippen LogP contribution in [0.1, 0.15) is 71.4 Å². The molecule has 0 N–H and O–H groups in total. The Hall–Kier alpha value is -4.46. The zero-order chi connectivity index (χ0) is 30.0. The topological polar surface area (TPSA) is 105 Å². The first-order valence-electron chi connectivity index (χ1n) is 12.8. The molecule has 0 heterocycles. The standard InChI is InChI=1S/C32H34O8/c1-15(2)29(33)37-23-13-11-21-22-12-14-24(38-30(34)16(3)4)28(40-32(36)18(7)8)26(22)20(10)19(9)25(21)27(23)39-31(35)17(5)6/h11-14,18-20H,1,3,5H2,2,4,6-10H3. The Balaban J connectivity index is 2.33. The molecule has 0 aliphatic heterocycles. The maximum Gasteiger partial charge on any atom is 0.338 e. The van der Waals surface area contributed by atoms with Crippen LogP contribution < -0.4 is 18.9 Å². The van der Waals surface area contributed by atoms with Gasteiger partial charge in [0.1, 0.15) is 0 Å². The van der Waals surface area contributed by atoms with E-state index in [2.05, 4.69) is 19.7 Å². The Labute approximate surface area is 234 Å². The van der Waals surface area contributed by atoms with Gasteiger partial charge in [0.15, 0.2) is 23.0 Å². The third-order valence-electron chi connectivity index (χ3n) is 6.59. The first-order valence-corrected chi connectivity index (χ1v) is 12.8. The molecule has 3 rings (SSSR count). The molecule has 0 spiro atoms. The molecule has 40 heavy (non-hydrogen) atoms. The minimum atomic E-state index is -0.680. The summed E-state index contributed by atoms with van der Waals surface area (Å²) in [5.41, 5.74) is 3.13. The quantitative estimate of drug-likeness (QED) is 0.208. The second-order valence-corrected chi connectivity index (χ2v) is 10.4. The number of hydrogen-bond acceptors (Lipinski definition) is 8. The Morgan fingerprint density at radius 1 is 0.625 bits per heavy atom. The van der Waals surface area contributed by atoms with Crippen molar-refractivity contribution in [1.82, 2.24) is 0 Å². The van der Waals surface area contributed by atoms with Crippen LogP contribution in [-0.2, 0) is 19.2 Å². The van der Waals surface area contributed by atoms with Gasteiger partial charge >= 0.3 is 23.9 Å². The summed E-state index contributed by atoms with van der Waals surface area (Å²) in [5.74, 6) is -3.23. The summed E-state index contributed by atoms with van der Waals surface area (Å²) < 4.78 is 22.7. The van der Waals surface area contributed by atoms with Crippen LogP contribution in [0.5, 0.6) is 23.0 Å². The lowest BCUT2D eigenvalue weighted by atomic mass is 9.72. The maximum atomic E-state index is 12.7. The van der Waals surface area contributed by atoms with Gasteiger partial charge in [0, 0.05) is 27.8 Å². The van der Waals surface area contributed by atoms with Crippen molar-refractivity contribution < 1.29 is 38.1 Å². The molecule has 1 aliphatic rings. The van der Waals surface area contributed by atoms with Gasteiger partial charge in [0.2, 0.25) is 0 Å². The van der Waals surface area contributed by atoms with Gasteiger partial charge in [-0.2, -0.15) is 0 Å². The Kier molecular flexibility index (Phi) is 8.83. The molecule has 8 nitrogen and oxygen atoms in total. The molecule has 0 fully saturated rings. The molecule has 0 amide bonds. The summed E-state index contributed by atoms with van der Waals surface area (Å²) in [5, 5.41) is 0. The predicted molar refractivity (Wildman–Crippen MR) is 151 cm³/mol. The summed E-state index contributed by atoms with van der Waals surface area (Å²) in [7, 11) is 0. The highest BCUT2D eigenvalue weighted by Crippen LogP contribution is 2.56. The molecule has 2 unspecified atom stereocenters. The summed E-state index contributed by atoms with van der Waals surface area (Å²) in [4.78, 5) is 50.2. The normalized spacial score (nSPS) is 15.3. The third-order valence-corrected chi connectivity index (χ3v) is 6.59. The smallest absolute Gasteiger partial charge is 0.338 e. The summed E-state index contributed by atoms with van der Waals surface area (Å²) in [6.07, 6.45) is 0. The van der Waals surface area contributed by atoms with Crippen molar-refractivity contribution in [1.29, 1.82) is 0 Å². The summed E-state index contributed by atoms with van der Waals surface area (Å²) >= 11 is 0. The second-order valence-electron chi connectivity index (χ2n) is 10.4. The van der Waals surface area contributed by atoms with E-state index in [1.807, 2.05) is 13.8 Å². The van der Waals surface area contributed by atoms with E-state index in [9.17, 15) is 19.2 Å². The molecule has 2 aromatic carbocycles. The summed E-state index contributed by atoms with van der Waals surface area (Å²) in [6, 6.07) is 6.56. The van der Waals surface area contributed by atoms with Crippen molar-refractivity contribution in [2.75, 3.05) is 0 Å². The zero-order valence-corrected chi connectivity index (χ0v) is 23.9. The van der Waals surface area contributed by atoms with Gasteiger partial charge in [-0.05, 0) is 55.9 Å². The van der Waals surface area contributed by atoms with Crippen molar-refractivity contribution in [2.45, 2.75) is 60.3 Å². The molecule has 0 saturated carbocycles. The average Bonchev–Trinajstić information content (AvgIpc) is 2.88. The van der Waals surface area contributed by atoms with Crippen LogP contribution in [0.4, 0.5) is 0 Å². The number of benzene rings is 2. The molecule has 210 valence electrons. The number of esters is 4. The van der Waals surface area contributed by atoms with E-state index >= 15 is 0 Å². The van der Waals surface area contributed by atoms with Crippen LogP contribution in [0.2, 0.25) is 0 Å². The van der Waals surface area contributed by atoms with Crippen molar-refractivity contribution >= 4 is 23.9 Å². The Morgan fingerprint density at radius 2 is 0.975 bits per heavy atom. The van der Waals surface area contributed by atoms with E-state index in [1.54, 1.807) is 32.0 Å². The number of rotatable bonds is 8. The minimum Gasteiger partial charge on any atom is -0.422 e. The molecule has 2 aromatic rings. The number of carbonyl (C=O) groups is 4. The predicted octanol–water partition coefficient (Wildman–Crippen LogP) is 6.58. The highest BCUT2D eigenvalue weighted by Gasteiger charge is 2.37. The number of carbonyl (C=O) groups excluding carboxylic acids is 4. The first kappa shape index (κ1) is 30.1. The van der Waals surface area contributed by atoms with E-state index in [1.165, 1.54) is 26.8 Å². The highest BCUT2D eigenvalue weighted by atomic mass is 16.6. The Bertz CT molecular complexity index is 1460. The molecule has 0 saturated heterocycles. The van der Waals surface area contributed by atoms with Crippen LogP contribution in [0.25, 0.3) is 11.1 Å². The van der Waals surface area contributed by atoms with Crippen LogP contribution in [-0.4, -0.2) is 23.9 Å². The van der Waals surface area contributed by atoms with E-state index in [0.29, 0.717) is 22.3 Å². The second kappa shape index (κ2) is 11.7. The van der Waals surface area contributed by atoms with E-state index in [0.717, 1.165) is 0 Å². The van der Waals surface area contributed by atoms with Gasteiger partial charge in [-0.25, -0.2) is 14.4 Å². The van der Waals surface area contributed by atoms with Crippen LogP contribution in [0.15, 0.2) is 60.7 Å². The zero-order valence-electron chi connectivity index (χ0n) is 23.9. The lowest BCUT2D eigenvalue weighted by molar-refractivity contribution is -0.138. The molecule has 0 radical (unpaired) electrons. The van der Waals surface area contributed by atoms with Crippen LogP contribution in [0, 0.1) is 5.92 Å². The van der Waals surface area contributed by atoms with Gasteiger partial charge in [-0.1, -0.05) is 59.6 Å². The fourth-order valence-corrected chi connectivity index (χ4v) is 4.18. The first-order chi connectivity index (χ1) is 18.6. The van der Waals surface area contributed by atoms with Gasteiger partial charge in [0.25, 0.3) is 0 Å². The van der Waals surface area contributed by atoms with Crippen molar-refractivity contribution in [3.05, 3.63) is 71.8 Å². The largest absolute Gasteiger partial charge is 0.422 e. The molecule has 0 bridgehead atoms. The van der Waals surface area contributed by atoms with Gasteiger partial charge in [0.05, 0.1) is 5.92 Å². The SMILES string of the molecule is C=C(C)C(=O)Oc1ccc2c(c1OC(=O)C(=C)C)C(C)C(C)c1c-2ccc(OC(=O)C(=C)C)c1OC(=O)C(C)C. The molecule has 2 atom stereocenters. The number of fused-ring (bicyclic) bond motifs is 3. The lowest BCUT2D eigenvalue weighted by Gasteiger charge is -2.34. The van der Waals surface area contributed by atoms with Crippen molar-refractivity contribution in [2.24, 2.45) is 5.92 Å². The molecule has 0 aromatic heterocycles. The highest BCUT2D eigenvalue weighted by molar-refractivity contribution is 5.94. The van der Waals surface area contributed by atoms with Gasteiger partial charge < -0.3 is 18.9 Å². The fraction of sp³-hybridized carbons (Fsp3) is 0.312. The monoisotopic (exact) mass is 546 g/mol. The van der Waals surface area contributed by atoms with E-state index < -0.39 is 29.8 Å². The number of ether oxygens (including phenoxy) is 4. The van der Waals surface area contributed by atoms with E-state index in [-0.39, 0.29) is 51.6 Å². The van der Waals surface area contributed by atoms with E-state index in [4.69, 9.17) is 18.9 Å². The molecular formula is C32H34O8.